The molecule has 2 aliphatic rings. The first-order chi connectivity index (χ1) is 16.4. The lowest BCUT2D eigenvalue weighted by Gasteiger charge is -2.34. The Morgan fingerprint density at radius 1 is 1.09 bits per heavy atom. The quantitative estimate of drug-likeness (QED) is 0.631. The number of nitrogens with zero attached hydrogens (tertiary/aromatic N) is 1. The second-order valence-electron chi connectivity index (χ2n) is 10.5. The number of amides is 2. The Labute approximate surface area is 208 Å². The van der Waals surface area contributed by atoms with Crippen LogP contribution in [-0.2, 0) is 26.8 Å². The van der Waals surface area contributed by atoms with Crippen molar-refractivity contribution < 1.29 is 18.0 Å². The van der Waals surface area contributed by atoms with E-state index in [0.717, 1.165) is 24.1 Å². The molecule has 3 atom stereocenters. The normalized spacial score (nSPS) is 23.7. The molecule has 1 heterocycles. The van der Waals surface area contributed by atoms with E-state index in [1.165, 1.54) is 12.5 Å². The van der Waals surface area contributed by atoms with Gasteiger partial charge in [-0.1, -0.05) is 38.8 Å². The molecule has 8 heteroatoms. The monoisotopic (exact) mass is 497 g/mol. The number of anilines is 1. The van der Waals surface area contributed by atoms with E-state index in [1.807, 2.05) is 0 Å². The van der Waals surface area contributed by atoms with E-state index in [4.69, 9.17) is 0 Å². The maximum Gasteiger partial charge on any atom is 0.251 e. The van der Waals surface area contributed by atoms with Crippen molar-refractivity contribution in [3.8, 4) is 0 Å². The van der Waals surface area contributed by atoms with Gasteiger partial charge < -0.3 is 10.2 Å². The predicted octanol–water partition coefficient (Wildman–Crippen LogP) is 3.97. The third-order valence-electron chi connectivity index (χ3n) is 7.86. The zero-order chi connectivity index (χ0) is 25.5. The minimum atomic E-state index is -3.78. The minimum Gasteiger partial charge on any atom is -0.349 e. The van der Waals surface area contributed by atoms with Gasteiger partial charge in [-0.3, -0.25) is 9.59 Å². The molecule has 3 unspecified atom stereocenters. The largest absolute Gasteiger partial charge is 0.349 e. The van der Waals surface area contributed by atoms with Gasteiger partial charge >= 0.3 is 0 Å². The van der Waals surface area contributed by atoms with Gasteiger partial charge in [-0.15, -0.1) is 0 Å². The van der Waals surface area contributed by atoms with Gasteiger partial charge in [0.05, 0.1) is 10.3 Å². The van der Waals surface area contributed by atoms with Crippen LogP contribution in [-0.4, -0.2) is 33.3 Å². The maximum atomic E-state index is 13.0. The summed E-state index contributed by atoms with van der Waals surface area (Å²) in [7, 11) is -2.08. The molecule has 1 saturated carbocycles. The van der Waals surface area contributed by atoms with E-state index in [1.54, 1.807) is 62.2 Å². The molecule has 0 aromatic heterocycles. The van der Waals surface area contributed by atoms with Gasteiger partial charge in [0.2, 0.25) is 15.9 Å². The van der Waals surface area contributed by atoms with E-state index < -0.39 is 15.4 Å². The zero-order valence-electron chi connectivity index (χ0n) is 21.1. The number of likely N-dealkylation sites (N-methyl/N-ethyl adjacent to an activating group) is 1. The highest BCUT2D eigenvalue weighted by atomic mass is 32.2. The molecule has 0 spiro atoms. The van der Waals surface area contributed by atoms with Crippen LogP contribution in [0.25, 0.3) is 0 Å². The molecule has 0 saturated heterocycles. The van der Waals surface area contributed by atoms with Crippen molar-refractivity contribution in [3.05, 3.63) is 59.2 Å². The first-order valence-electron chi connectivity index (χ1n) is 12.2. The number of rotatable bonds is 6. The first-order valence-corrected chi connectivity index (χ1v) is 13.7. The third kappa shape index (κ3) is 4.86. The van der Waals surface area contributed by atoms with Crippen LogP contribution >= 0.6 is 0 Å². The summed E-state index contributed by atoms with van der Waals surface area (Å²) in [5.41, 5.74) is 1.96. The summed E-state index contributed by atoms with van der Waals surface area (Å²) in [6.07, 6.45) is 3.34. The lowest BCUT2D eigenvalue weighted by molar-refractivity contribution is -0.121. The molecule has 2 N–H and O–H groups in total. The molecule has 188 valence electrons. The van der Waals surface area contributed by atoms with Gasteiger partial charge in [0.15, 0.2) is 0 Å². The molecule has 2 aromatic carbocycles. The van der Waals surface area contributed by atoms with E-state index in [0.29, 0.717) is 23.0 Å². The van der Waals surface area contributed by atoms with Crippen molar-refractivity contribution in [1.82, 2.24) is 10.0 Å². The number of hydrogen-bond donors (Lipinski definition) is 2. The van der Waals surface area contributed by atoms with Gasteiger partial charge in [0, 0.05) is 30.9 Å². The molecule has 0 bridgehead atoms. The molecule has 35 heavy (non-hydrogen) atoms. The predicted molar refractivity (Wildman–Crippen MR) is 137 cm³/mol. The molecule has 4 rings (SSSR count). The van der Waals surface area contributed by atoms with Gasteiger partial charge in [-0.2, -0.15) is 0 Å². The number of carbonyl (C=O) groups is 2. The lowest BCUT2D eigenvalue weighted by atomic mass is 9.78. The van der Waals surface area contributed by atoms with Crippen LogP contribution in [0.3, 0.4) is 0 Å². The first kappa shape index (κ1) is 25.4. The summed E-state index contributed by atoms with van der Waals surface area (Å²) in [4.78, 5) is 26.9. The SMILES string of the molecule is CC1CCCC(NC(=O)c2ccc(CNS(=O)(=O)c3ccc4c(c3)C(C)(C)C(=O)N4C)cc2)C1C. The summed E-state index contributed by atoms with van der Waals surface area (Å²) in [5.74, 6) is 0.891. The highest BCUT2D eigenvalue weighted by molar-refractivity contribution is 7.89. The van der Waals surface area contributed by atoms with Crippen molar-refractivity contribution in [2.75, 3.05) is 11.9 Å². The van der Waals surface area contributed by atoms with E-state index in [-0.39, 0.29) is 29.3 Å². The fraction of sp³-hybridized carbons (Fsp3) is 0.481. The molecular formula is C27H35N3O4S. The highest BCUT2D eigenvalue weighted by Crippen LogP contribution is 2.41. The van der Waals surface area contributed by atoms with Crippen LogP contribution in [0.1, 0.15) is 68.4 Å². The summed E-state index contributed by atoms with van der Waals surface area (Å²) in [6, 6.07) is 12.0. The number of hydrogen-bond acceptors (Lipinski definition) is 4. The summed E-state index contributed by atoms with van der Waals surface area (Å²) in [6.45, 7) is 8.13. The fourth-order valence-electron chi connectivity index (χ4n) is 5.19. The maximum absolute atomic E-state index is 13.0. The smallest absolute Gasteiger partial charge is 0.251 e. The molecule has 2 aromatic rings. The number of benzene rings is 2. The van der Waals surface area contributed by atoms with Crippen LogP contribution in [0.15, 0.2) is 47.4 Å². The second-order valence-corrected chi connectivity index (χ2v) is 12.3. The Balaban J connectivity index is 1.41. The van der Waals surface area contributed by atoms with Crippen molar-refractivity contribution in [1.29, 1.82) is 0 Å². The summed E-state index contributed by atoms with van der Waals surface area (Å²) in [5, 5.41) is 3.17. The number of fused-ring (bicyclic) bond motifs is 1. The van der Waals surface area contributed by atoms with Gasteiger partial charge in [0.25, 0.3) is 5.91 Å². The van der Waals surface area contributed by atoms with Crippen LogP contribution in [0.2, 0.25) is 0 Å². The Morgan fingerprint density at radius 3 is 2.46 bits per heavy atom. The Bertz CT molecular complexity index is 1240. The summed E-state index contributed by atoms with van der Waals surface area (Å²) >= 11 is 0. The van der Waals surface area contributed by atoms with Crippen molar-refractivity contribution in [2.45, 2.75) is 69.9 Å². The highest BCUT2D eigenvalue weighted by Gasteiger charge is 2.42. The molecule has 7 nitrogen and oxygen atoms in total. The molecular weight excluding hydrogens is 462 g/mol. The number of nitrogens with one attached hydrogen (secondary N) is 2. The second kappa shape index (κ2) is 9.39. The van der Waals surface area contributed by atoms with Crippen LogP contribution in [0.4, 0.5) is 5.69 Å². The minimum absolute atomic E-state index is 0.0633. The van der Waals surface area contributed by atoms with E-state index >= 15 is 0 Å². The van der Waals surface area contributed by atoms with E-state index in [9.17, 15) is 18.0 Å². The molecule has 1 fully saturated rings. The Morgan fingerprint density at radius 2 is 1.77 bits per heavy atom. The van der Waals surface area contributed by atoms with Crippen molar-refractivity contribution in [2.24, 2.45) is 11.8 Å². The van der Waals surface area contributed by atoms with Gasteiger partial charge in [-0.05, 0) is 73.6 Å². The van der Waals surface area contributed by atoms with Crippen LogP contribution in [0, 0.1) is 11.8 Å². The van der Waals surface area contributed by atoms with Crippen LogP contribution in [0.5, 0.6) is 0 Å². The summed E-state index contributed by atoms with van der Waals surface area (Å²) < 4.78 is 28.5. The Hall–Kier alpha value is -2.71. The Kier molecular flexibility index (Phi) is 6.81. The van der Waals surface area contributed by atoms with Crippen molar-refractivity contribution in [3.63, 3.8) is 0 Å². The standard InChI is InChI=1S/C27H35N3O4S/c1-17-7-6-8-23(18(17)2)29-25(31)20-11-9-19(10-12-20)16-28-35(33,34)21-13-14-24-22(15-21)27(3,4)26(32)30(24)5/h9-15,17-18,23,28H,6-8,16H2,1-5H3,(H,29,31). The average molecular weight is 498 g/mol. The van der Waals surface area contributed by atoms with Gasteiger partial charge in [0.1, 0.15) is 0 Å². The molecule has 0 radical (unpaired) electrons. The van der Waals surface area contributed by atoms with E-state index in [2.05, 4.69) is 23.9 Å². The average Bonchev–Trinajstić information content (AvgIpc) is 3.00. The zero-order valence-corrected chi connectivity index (χ0v) is 21.9. The molecule has 1 aliphatic carbocycles. The molecule has 1 aliphatic heterocycles. The van der Waals surface area contributed by atoms with Crippen molar-refractivity contribution >= 4 is 27.5 Å². The number of sulfonamides is 1. The topological polar surface area (TPSA) is 95.6 Å². The molecule has 2 amide bonds. The van der Waals surface area contributed by atoms with Crippen LogP contribution < -0.4 is 14.9 Å². The van der Waals surface area contributed by atoms with Gasteiger partial charge in [-0.25, -0.2) is 13.1 Å². The lowest BCUT2D eigenvalue weighted by Crippen LogP contribution is -2.43. The third-order valence-corrected chi connectivity index (χ3v) is 9.26. The number of carbonyl (C=O) groups excluding carboxylic acids is 2. The fourth-order valence-corrected chi connectivity index (χ4v) is 6.24.